The normalized spacial score (nSPS) is 34.2. The Morgan fingerprint density at radius 3 is 2.85 bits per heavy atom. The lowest BCUT2D eigenvalue weighted by atomic mass is 9.75. The zero-order valence-electron chi connectivity index (χ0n) is 8.40. The maximum atomic E-state index is 11.3. The van der Waals surface area contributed by atoms with E-state index in [2.05, 4.69) is 35.1 Å². The average molecular weight is 248 g/mol. The second kappa shape index (κ2) is 4.45. The Labute approximate surface area is 88.6 Å². The number of halogens is 1. The molecule has 0 aromatic carbocycles. The second-order valence-electron chi connectivity index (χ2n) is 4.25. The van der Waals surface area contributed by atoms with Crippen LogP contribution >= 0.6 is 15.9 Å². The molecule has 2 atom stereocenters. The summed E-state index contributed by atoms with van der Waals surface area (Å²) in [6.07, 6.45) is 4.90. The Hall–Kier alpha value is -0.0500. The van der Waals surface area contributed by atoms with Crippen molar-refractivity contribution in [2.45, 2.75) is 45.1 Å². The molecule has 2 unspecified atom stereocenters. The van der Waals surface area contributed by atoms with Gasteiger partial charge in [-0.15, -0.1) is 0 Å². The van der Waals surface area contributed by atoms with Crippen LogP contribution in [0.1, 0.15) is 39.5 Å². The SMILES string of the molecule is CC1CCCCC1(C)NC(=O)CBr. The van der Waals surface area contributed by atoms with Crippen molar-refractivity contribution in [1.29, 1.82) is 0 Å². The molecule has 0 aromatic rings. The van der Waals surface area contributed by atoms with Gasteiger partial charge in [0.15, 0.2) is 0 Å². The quantitative estimate of drug-likeness (QED) is 0.747. The van der Waals surface area contributed by atoms with Gasteiger partial charge in [0, 0.05) is 5.54 Å². The maximum Gasteiger partial charge on any atom is 0.231 e. The fourth-order valence-corrected chi connectivity index (χ4v) is 2.19. The van der Waals surface area contributed by atoms with Crippen LogP contribution in [0.4, 0.5) is 0 Å². The minimum Gasteiger partial charge on any atom is -0.350 e. The molecule has 0 spiro atoms. The summed E-state index contributed by atoms with van der Waals surface area (Å²) >= 11 is 3.17. The highest BCUT2D eigenvalue weighted by molar-refractivity contribution is 9.09. The van der Waals surface area contributed by atoms with Crippen LogP contribution in [0, 0.1) is 5.92 Å². The molecule has 0 heterocycles. The van der Waals surface area contributed by atoms with Gasteiger partial charge in [-0.1, -0.05) is 35.7 Å². The number of carbonyl (C=O) groups is 1. The van der Waals surface area contributed by atoms with Crippen molar-refractivity contribution in [3.63, 3.8) is 0 Å². The van der Waals surface area contributed by atoms with Gasteiger partial charge in [0.2, 0.25) is 5.91 Å². The third-order valence-electron chi connectivity index (χ3n) is 3.22. The van der Waals surface area contributed by atoms with E-state index < -0.39 is 0 Å². The van der Waals surface area contributed by atoms with Gasteiger partial charge in [0.05, 0.1) is 5.33 Å². The summed E-state index contributed by atoms with van der Waals surface area (Å²) in [4.78, 5) is 11.3. The van der Waals surface area contributed by atoms with Crippen molar-refractivity contribution >= 4 is 21.8 Å². The van der Waals surface area contributed by atoms with Gasteiger partial charge in [0.1, 0.15) is 0 Å². The molecule has 1 amide bonds. The van der Waals surface area contributed by atoms with Crippen LogP contribution in [0.3, 0.4) is 0 Å². The zero-order chi connectivity index (χ0) is 9.90. The van der Waals surface area contributed by atoms with Crippen molar-refractivity contribution in [2.24, 2.45) is 5.92 Å². The Balaban J connectivity index is 2.56. The first-order chi connectivity index (χ1) is 6.08. The number of alkyl halides is 1. The molecule has 3 heteroatoms. The highest BCUT2D eigenvalue weighted by Crippen LogP contribution is 2.32. The van der Waals surface area contributed by atoms with Gasteiger partial charge < -0.3 is 5.32 Å². The summed E-state index contributed by atoms with van der Waals surface area (Å²) in [5.74, 6) is 0.709. The van der Waals surface area contributed by atoms with E-state index in [9.17, 15) is 4.79 Å². The topological polar surface area (TPSA) is 29.1 Å². The molecule has 76 valence electrons. The van der Waals surface area contributed by atoms with E-state index in [1.54, 1.807) is 0 Å². The van der Waals surface area contributed by atoms with E-state index in [0.29, 0.717) is 11.2 Å². The molecule has 0 aromatic heterocycles. The first-order valence-corrected chi connectivity index (χ1v) is 6.07. The Bertz CT molecular complexity index is 195. The molecule has 0 aliphatic heterocycles. The van der Waals surface area contributed by atoms with Crippen molar-refractivity contribution in [3.8, 4) is 0 Å². The zero-order valence-corrected chi connectivity index (χ0v) is 9.99. The standard InChI is InChI=1S/C10H18BrNO/c1-8-5-3-4-6-10(8,2)12-9(13)7-11/h8H,3-7H2,1-2H3,(H,12,13). The van der Waals surface area contributed by atoms with Gasteiger partial charge in [-0.3, -0.25) is 4.79 Å². The Morgan fingerprint density at radius 2 is 2.31 bits per heavy atom. The van der Waals surface area contributed by atoms with Crippen molar-refractivity contribution in [2.75, 3.05) is 5.33 Å². The molecular formula is C10H18BrNO. The van der Waals surface area contributed by atoms with Crippen LogP contribution in [0.15, 0.2) is 0 Å². The maximum absolute atomic E-state index is 11.3. The predicted molar refractivity (Wildman–Crippen MR) is 58.0 cm³/mol. The molecule has 1 rings (SSSR count). The van der Waals surface area contributed by atoms with E-state index in [4.69, 9.17) is 0 Å². The third kappa shape index (κ3) is 2.70. The van der Waals surface area contributed by atoms with Crippen molar-refractivity contribution in [1.82, 2.24) is 5.32 Å². The van der Waals surface area contributed by atoms with Gasteiger partial charge in [-0.25, -0.2) is 0 Å². The van der Waals surface area contributed by atoms with Crippen LogP contribution in [0.5, 0.6) is 0 Å². The summed E-state index contributed by atoms with van der Waals surface area (Å²) in [5.41, 5.74) is 0.0309. The molecule has 1 N–H and O–H groups in total. The summed E-state index contributed by atoms with van der Waals surface area (Å²) in [6.45, 7) is 4.39. The molecule has 1 saturated carbocycles. The highest BCUT2D eigenvalue weighted by atomic mass is 79.9. The van der Waals surface area contributed by atoms with Crippen LogP contribution in [0.2, 0.25) is 0 Å². The minimum atomic E-state index is 0.0309. The number of hydrogen-bond donors (Lipinski definition) is 1. The van der Waals surface area contributed by atoms with Gasteiger partial charge in [0.25, 0.3) is 0 Å². The minimum absolute atomic E-state index is 0.0309. The number of nitrogens with one attached hydrogen (secondary N) is 1. The lowest BCUT2D eigenvalue weighted by Gasteiger charge is -2.40. The molecule has 0 saturated heterocycles. The first kappa shape index (κ1) is 11.0. The smallest absolute Gasteiger partial charge is 0.231 e. The Morgan fingerprint density at radius 1 is 1.62 bits per heavy atom. The van der Waals surface area contributed by atoms with E-state index in [1.165, 1.54) is 19.3 Å². The van der Waals surface area contributed by atoms with Gasteiger partial charge in [-0.05, 0) is 25.7 Å². The largest absolute Gasteiger partial charge is 0.350 e. The first-order valence-electron chi connectivity index (χ1n) is 4.95. The molecule has 2 nitrogen and oxygen atoms in total. The molecule has 1 aliphatic rings. The van der Waals surface area contributed by atoms with Crippen molar-refractivity contribution in [3.05, 3.63) is 0 Å². The third-order valence-corrected chi connectivity index (χ3v) is 3.73. The van der Waals surface area contributed by atoms with Crippen LogP contribution in [0.25, 0.3) is 0 Å². The monoisotopic (exact) mass is 247 g/mol. The second-order valence-corrected chi connectivity index (χ2v) is 4.81. The summed E-state index contributed by atoms with van der Waals surface area (Å²) in [7, 11) is 0. The fourth-order valence-electron chi connectivity index (χ4n) is 2.05. The summed E-state index contributed by atoms with van der Waals surface area (Å²) < 4.78 is 0. The average Bonchev–Trinajstić information content (AvgIpc) is 2.10. The van der Waals surface area contributed by atoms with Crippen LogP contribution in [-0.2, 0) is 4.79 Å². The molecule has 1 fully saturated rings. The van der Waals surface area contributed by atoms with E-state index in [1.807, 2.05) is 0 Å². The predicted octanol–water partition coefficient (Wildman–Crippen LogP) is 2.47. The van der Waals surface area contributed by atoms with Gasteiger partial charge >= 0.3 is 0 Å². The number of amides is 1. The lowest BCUT2D eigenvalue weighted by Crippen LogP contribution is -2.52. The molecule has 0 radical (unpaired) electrons. The number of hydrogen-bond acceptors (Lipinski definition) is 1. The number of rotatable bonds is 2. The number of carbonyl (C=O) groups excluding carboxylic acids is 1. The van der Waals surface area contributed by atoms with E-state index in [-0.39, 0.29) is 11.4 Å². The highest BCUT2D eigenvalue weighted by Gasteiger charge is 2.34. The van der Waals surface area contributed by atoms with Crippen molar-refractivity contribution < 1.29 is 4.79 Å². The molecule has 0 bridgehead atoms. The molecule has 13 heavy (non-hydrogen) atoms. The van der Waals surface area contributed by atoms with E-state index >= 15 is 0 Å². The van der Waals surface area contributed by atoms with Crippen LogP contribution < -0.4 is 5.32 Å². The Kier molecular flexibility index (Phi) is 3.77. The van der Waals surface area contributed by atoms with Gasteiger partial charge in [-0.2, -0.15) is 0 Å². The summed E-state index contributed by atoms with van der Waals surface area (Å²) in [6, 6.07) is 0. The van der Waals surface area contributed by atoms with E-state index in [0.717, 1.165) is 6.42 Å². The fraction of sp³-hybridized carbons (Fsp3) is 0.900. The molecular weight excluding hydrogens is 230 g/mol. The molecule has 1 aliphatic carbocycles. The lowest BCUT2D eigenvalue weighted by molar-refractivity contribution is -0.121. The summed E-state index contributed by atoms with van der Waals surface area (Å²) in [5, 5.41) is 3.52. The van der Waals surface area contributed by atoms with Crippen LogP contribution in [-0.4, -0.2) is 16.8 Å².